The number of carbonyl (C=O) groups excluding carboxylic acids is 1. The molecule has 0 atom stereocenters. The standard InChI is InChI=1S/C20H17N5O2/c1-14-6-9-25-12-17(24-18(25)10-14)15-4-2-5-16(11-15)23-19(26)13-27-20-21-7-3-8-22-20/h2-12H,13H2,1H3,(H,23,26). The summed E-state index contributed by atoms with van der Waals surface area (Å²) in [5.41, 5.74) is 4.47. The summed E-state index contributed by atoms with van der Waals surface area (Å²) in [6.45, 7) is 1.87. The Morgan fingerprint density at radius 1 is 1.15 bits per heavy atom. The van der Waals surface area contributed by atoms with Gasteiger partial charge in [0.15, 0.2) is 6.61 Å². The molecule has 3 heterocycles. The van der Waals surface area contributed by atoms with Crippen molar-refractivity contribution in [2.75, 3.05) is 11.9 Å². The van der Waals surface area contributed by atoms with Gasteiger partial charge in [-0.25, -0.2) is 15.0 Å². The first kappa shape index (κ1) is 16.7. The van der Waals surface area contributed by atoms with E-state index in [1.807, 2.05) is 60.1 Å². The number of imidazole rings is 1. The maximum absolute atomic E-state index is 12.1. The quantitative estimate of drug-likeness (QED) is 0.592. The summed E-state index contributed by atoms with van der Waals surface area (Å²) in [6.07, 6.45) is 7.06. The number of pyridine rings is 1. The second-order valence-corrected chi connectivity index (χ2v) is 6.04. The van der Waals surface area contributed by atoms with Gasteiger partial charge < -0.3 is 14.5 Å². The highest BCUT2D eigenvalue weighted by Gasteiger charge is 2.08. The lowest BCUT2D eigenvalue weighted by atomic mass is 10.1. The van der Waals surface area contributed by atoms with Gasteiger partial charge in [-0.1, -0.05) is 12.1 Å². The van der Waals surface area contributed by atoms with Crippen molar-refractivity contribution in [3.63, 3.8) is 0 Å². The minimum absolute atomic E-state index is 0.165. The number of anilines is 1. The van der Waals surface area contributed by atoms with Crippen molar-refractivity contribution >= 4 is 17.2 Å². The summed E-state index contributed by atoms with van der Waals surface area (Å²) in [5.74, 6) is -0.287. The van der Waals surface area contributed by atoms with Crippen LogP contribution in [0.2, 0.25) is 0 Å². The molecule has 1 N–H and O–H groups in total. The van der Waals surface area contributed by atoms with Crippen LogP contribution in [0.25, 0.3) is 16.9 Å². The predicted molar refractivity (Wildman–Crippen MR) is 102 cm³/mol. The first-order valence-electron chi connectivity index (χ1n) is 8.43. The van der Waals surface area contributed by atoms with Gasteiger partial charge in [0.1, 0.15) is 5.65 Å². The highest BCUT2D eigenvalue weighted by Crippen LogP contribution is 2.22. The maximum Gasteiger partial charge on any atom is 0.316 e. The number of rotatable bonds is 5. The van der Waals surface area contributed by atoms with Crippen LogP contribution < -0.4 is 10.1 Å². The Morgan fingerprint density at radius 2 is 2.00 bits per heavy atom. The summed E-state index contributed by atoms with van der Waals surface area (Å²) in [5, 5.41) is 2.81. The number of carbonyl (C=O) groups is 1. The van der Waals surface area contributed by atoms with E-state index < -0.39 is 0 Å². The minimum Gasteiger partial charge on any atom is -0.453 e. The Bertz CT molecular complexity index is 1090. The van der Waals surface area contributed by atoms with Gasteiger partial charge in [-0.3, -0.25) is 4.79 Å². The first-order valence-corrected chi connectivity index (χ1v) is 8.43. The van der Waals surface area contributed by atoms with Gasteiger partial charge in [0.2, 0.25) is 0 Å². The highest BCUT2D eigenvalue weighted by molar-refractivity contribution is 5.92. The van der Waals surface area contributed by atoms with Crippen molar-refractivity contribution < 1.29 is 9.53 Å². The third kappa shape index (κ3) is 3.92. The van der Waals surface area contributed by atoms with Crippen LogP contribution in [-0.4, -0.2) is 31.9 Å². The highest BCUT2D eigenvalue weighted by atomic mass is 16.5. The zero-order valence-corrected chi connectivity index (χ0v) is 14.7. The maximum atomic E-state index is 12.1. The van der Waals surface area contributed by atoms with E-state index in [2.05, 4.69) is 20.3 Å². The molecule has 0 aliphatic rings. The predicted octanol–water partition coefficient (Wildman–Crippen LogP) is 3.12. The average Bonchev–Trinajstić information content (AvgIpc) is 3.11. The van der Waals surface area contributed by atoms with E-state index in [0.717, 1.165) is 22.5 Å². The summed E-state index contributed by atoms with van der Waals surface area (Å²) in [7, 11) is 0. The normalized spacial score (nSPS) is 10.7. The van der Waals surface area contributed by atoms with Crippen LogP contribution in [0.1, 0.15) is 5.56 Å². The fourth-order valence-corrected chi connectivity index (χ4v) is 2.67. The Labute approximate surface area is 155 Å². The summed E-state index contributed by atoms with van der Waals surface area (Å²) in [4.78, 5) is 24.6. The number of nitrogens with zero attached hydrogens (tertiary/aromatic N) is 4. The SMILES string of the molecule is Cc1ccn2cc(-c3cccc(NC(=O)COc4ncccn4)c3)nc2c1. The molecular formula is C20H17N5O2. The fourth-order valence-electron chi connectivity index (χ4n) is 2.67. The smallest absolute Gasteiger partial charge is 0.316 e. The van der Waals surface area contributed by atoms with Gasteiger partial charge >= 0.3 is 6.01 Å². The fraction of sp³-hybridized carbons (Fsp3) is 0.100. The van der Waals surface area contributed by atoms with E-state index in [1.54, 1.807) is 18.5 Å². The van der Waals surface area contributed by atoms with Crippen molar-refractivity contribution in [2.45, 2.75) is 6.92 Å². The summed E-state index contributed by atoms with van der Waals surface area (Å²) >= 11 is 0. The first-order chi connectivity index (χ1) is 13.2. The number of nitrogens with one attached hydrogen (secondary N) is 1. The van der Waals surface area contributed by atoms with E-state index in [4.69, 9.17) is 4.74 Å². The second-order valence-electron chi connectivity index (χ2n) is 6.04. The molecule has 1 aromatic carbocycles. The lowest BCUT2D eigenvalue weighted by Gasteiger charge is -2.07. The number of benzene rings is 1. The molecule has 0 saturated carbocycles. The Kier molecular flexibility index (Phi) is 4.49. The third-order valence-electron chi connectivity index (χ3n) is 3.93. The lowest BCUT2D eigenvalue weighted by molar-refractivity contribution is -0.118. The molecule has 7 heteroatoms. The number of aryl methyl sites for hydroxylation is 1. The third-order valence-corrected chi connectivity index (χ3v) is 3.93. The lowest BCUT2D eigenvalue weighted by Crippen LogP contribution is -2.20. The molecule has 0 saturated heterocycles. The Hall–Kier alpha value is -3.74. The molecule has 0 aliphatic carbocycles. The molecule has 27 heavy (non-hydrogen) atoms. The molecule has 4 aromatic rings. The molecule has 0 bridgehead atoms. The van der Waals surface area contributed by atoms with E-state index in [0.29, 0.717) is 5.69 Å². The molecule has 0 spiro atoms. The van der Waals surface area contributed by atoms with Gasteiger partial charge in [-0.2, -0.15) is 0 Å². The van der Waals surface area contributed by atoms with Crippen molar-refractivity contribution in [1.82, 2.24) is 19.4 Å². The van der Waals surface area contributed by atoms with Crippen LogP contribution in [-0.2, 0) is 4.79 Å². The molecule has 0 fully saturated rings. The molecule has 4 rings (SSSR count). The Balaban J connectivity index is 1.47. The van der Waals surface area contributed by atoms with Gasteiger partial charge in [0.05, 0.1) is 5.69 Å². The van der Waals surface area contributed by atoms with Crippen LogP contribution >= 0.6 is 0 Å². The number of fused-ring (bicyclic) bond motifs is 1. The molecule has 134 valence electrons. The molecule has 7 nitrogen and oxygen atoms in total. The van der Waals surface area contributed by atoms with E-state index in [9.17, 15) is 4.79 Å². The number of hydrogen-bond acceptors (Lipinski definition) is 5. The van der Waals surface area contributed by atoms with E-state index in [1.165, 1.54) is 0 Å². The van der Waals surface area contributed by atoms with Gasteiger partial charge in [-0.15, -0.1) is 0 Å². The topological polar surface area (TPSA) is 81.4 Å². The van der Waals surface area contributed by atoms with Gasteiger partial charge in [0, 0.05) is 36.0 Å². The molecule has 1 amide bonds. The number of amides is 1. The molecule has 0 aliphatic heterocycles. The van der Waals surface area contributed by atoms with Crippen molar-refractivity contribution in [3.05, 3.63) is 72.8 Å². The molecule has 0 unspecified atom stereocenters. The Morgan fingerprint density at radius 3 is 2.85 bits per heavy atom. The van der Waals surface area contributed by atoms with Crippen LogP contribution in [0.5, 0.6) is 6.01 Å². The molecule has 0 radical (unpaired) electrons. The zero-order valence-electron chi connectivity index (χ0n) is 14.7. The van der Waals surface area contributed by atoms with E-state index in [-0.39, 0.29) is 18.5 Å². The largest absolute Gasteiger partial charge is 0.453 e. The molecule has 3 aromatic heterocycles. The van der Waals surface area contributed by atoms with Crippen LogP contribution in [0.4, 0.5) is 5.69 Å². The summed E-state index contributed by atoms with van der Waals surface area (Å²) < 4.78 is 7.23. The minimum atomic E-state index is -0.287. The van der Waals surface area contributed by atoms with Gasteiger partial charge in [0.25, 0.3) is 5.91 Å². The van der Waals surface area contributed by atoms with Crippen LogP contribution in [0.15, 0.2) is 67.3 Å². The molecular weight excluding hydrogens is 342 g/mol. The number of aromatic nitrogens is 4. The van der Waals surface area contributed by atoms with Crippen molar-refractivity contribution in [1.29, 1.82) is 0 Å². The van der Waals surface area contributed by atoms with Crippen molar-refractivity contribution in [2.24, 2.45) is 0 Å². The van der Waals surface area contributed by atoms with Gasteiger partial charge in [-0.05, 0) is 42.8 Å². The number of hydrogen-bond donors (Lipinski definition) is 1. The van der Waals surface area contributed by atoms with Crippen LogP contribution in [0.3, 0.4) is 0 Å². The second kappa shape index (κ2) is 7.25. The monoisotopic (exact) mass is 359 g/mol. The zero-order chi connectivity index (χ0) is 18.6. The summed E-state index contributed by atoms with van der Waals surface area (Å²) in [6, 6.07) is 13.4. The van der Waals surface area contributed by atoms with E-state index >= 15 is 0 Å². The average molecular weight is 359 g/mol. The van der Waals surface area contributed by atoms with Crippen molar-refractivity contribution in [3.8, 4) is 17.3 Å². The van der Waals surface area contributed by atoms with Crippen LogP contribution in [0, 0.1) is 6.92 Å². The number of ether oxygens (including phenoxy) is 1.